The highest BCUT2D eigenvalue weighted by molar-refractivity contribution is 5.78. The number of fused-ring (bicyclic) bond motifs is 1. The fraction of sp³-hybridized carbons (Fsp3) is 0.364. The van der Waals surface area contributed by atoms with Crippen LogP contribution in [0.2, 0.25) is 0 Å². The van der Waals surface area contributed by atoms with Crippen LogP contribution in [0.1, 0.15) is 24.5 Å². The molecular formula is C22H26N2O5. The number of hydrogen-bond acceptors (Lipinski definition) is 5. The van der Waals surface area contributed by atoms with E-state index >= 15 is 0 Å². The molecule has 0 aromatic heterocycles. The fourth-order valence-corrected chi connectivity index (χ4v) is 3.10. The van der Waals surface area contributed by atoms with E-state index in [0.29, 0.717) is 37.6 Å². The Morgan fingerprint density at radius 2 is 1.90 bits per heavy atom. The second-order valence-electron chi connectivity index (χ2n) is 6.82. The predicted octanol–water partition coefficient (Wildman–Crippen LogP) is 2.52. The monoisotopic (exact) mass is 398 g/mol. The second kappa shape index (κ2) is 9.82. The first-order valence-corrected chi connectivity index (χ1v) is 9.59. The maximum absolute atomic E-state index is 12.2. The Balaban J connectivity index is 1.44. The van der Waals surface area contributed by atoms with Crippen LogP contribution >= 0.6 is 0 Å². The molecule has 0 atom stereocenters. The van der Waals surface area contributed by atoms with Crippen LogP contribution in [0, 0.1) is 0 Å². The molecule has 0 radical (unpaired) electrons. The molecule has 1 aliphatic rings. The number of nitrogens with zero attached hydrogens (tertiary/aromatic N) is 1. The molecule has 2 aromatic carbocycles. The summed E-state index contributed by atoms with van der Waals surface area (Å²) in [5, 5.41) is 2.88. The molecule has 1 aliphatic heterocycles. The Morgan fingerprint density at radius 1 is 1.07 bits per heavy atom. The highest BCUT2D eigenvalue weighted by Gasteiger charge is 2.14. The molecule has 29 heavy (non-hydrogen) atoms. The maximum atomic E-state index is 12.2. The van der Waals surface area contributed by atoms with Crippen LogP contribution in [0.4, 0.5) is 0 Å². The minimum absolute atomic E-state index is 0.0449. The fourth-order valence-electron chi connectivity index (χ4n) is 3.10. The zero-order valence-corrected chi connectivity index (χ0v) is 16.8. The summed E-state index contributed by atoms with van der Waals surface area (Å²) in [4.78, 5) is 25.8. The summed E-state index contributed by atoms with van der Waals surface area (Å²) < 4.78 is 15.9. The summed E-state index contributed by atoms with van der Waals surface area (Å²) >= 11 is 0. The smallest absolute Gasteiger partial charge is 0.231 e. The molecule has 0 fully saturated rings. The third kappa shape index (κ3) is 5.88. The summed E-state index contributed by atoms with van der Waals surface area (Å²) in [5.41, 5.74) is 2.02. The molecule has 0 saturated heterocycles. The number of hydrogen-bond donors (Lipinski definition) is 1. The molecular weight excluding hydrogens is 372 g/mol. The number of methoxy groups -OCH3 is 1. The van der Waals surface area contributed by atoms with Crippen molar-refractivity contribution < 1.29 is 23.8 Å². The summed E-state index contributed by atoms with van der Waals surface area (Å²) in [6, 6.07) is 13.4. The first kappa shape index (κ1) is 20.5. The molecule has 1 N–H and O–H groups in total. The molecule has 7 nitrogen and oxygen atoms in total. The van der Waals surface area contributed by atoms with Crippen molar-refractivity contribution in [1.29, 1.82) is 0 Å². The van der Waals surface area contributed by atoms with Crippen molar-refractivity contribution in [3.05, 3.63) is 53.6 Å². The van der Waals surface area contributed by atoms with Gasteiger partial charge in [0.05, 0.1) is 7.11 Å². The SMILES string of the molecule is COc1cccc(CCN(CCC(=O)NCc2ccc3c(c2)OCO3)C(C)=O)c1. The summed E-state index contributed by atoms with van der Waals surface area (Å²) in [6.45, 7) is 3.08. The molecule has 2 amide bonds. The van der Waals surface area contributed by atoms with Crippen molar-refractivity contribution in [2.45, 2.75) is 26.3 Å². The molecule has 0 unspecified atom stereocenters. The van der Waals surface area contributed by atoms with Gasteiger partial charge in [-0.1, -0.05) is 18.2 Å². The van der Waals surface area contributed by atoms with E-state index in [0.717, 1.165) is 16.9 Å². The lowest BCUT2D eigenvalue weighted by molar-refractivity contribution is -0.129. The average Bonchev–Trinajstić information content (AvgIpc) is 3.20. The van der Waals surface area contributed by atoms with Gasteiger partial charge in [-0.05, 0) is 41.8 Å². The Bertz CT molecular complexity index is 868. The van der Waals surface area contributed by atoms with Gasteiger partial charge < -0.3 is 24.4 Å². The van der Waals surface area contributed by atoms with Gasteiger partial charge in [-0.15, -0.1) is 0 Å². The van der Waals surface area contributed by atoms with E-state index in [1.165, 1.54) is 6.92 Å². The first-order valence-electron chi connectivity index (χ1n) is 9.59. The Morgan fingerprint density at radius 3 is 2.69 bits per heavy atom. The van der Waals surface area contributed by atoms with Crippen molar-refractivity contribution in [2.24, 2.45) is 0 Å². The van der Waals surface area contributed by atoms with E-state index in [-0.39, 0.29) is 25.0 Å². The molecule has 2 aromatic rings. The van der Waals surface area contributed by atoms with Gasteiger partial charge in [-0.3, -0.25) is 9.59 Å². The van der Waals surface area contributed by atoms with Crippen molar-refractivity contribution in [3.63, 3.8) is 0 Å². The molecule has 0 spiro atoms. The van der Waals surface area contributed by atoms with E-state index in [2.05, 4.69) is 5.32 Å². The number of benzene rings is 2. The van der Waals surface area contributed by atoms with Gasteiger partial charge in [0.25, 0.3) is 0 Å². The van der Waals surface area contributed by atoms with Crippen LogP contribution in [-0.4, -0.2) is 43.7 Å². The van der Waals surface area contributed by atoms with Gasteiger partial charge in [0.15, 0.2) is 11.5 Å². The third-order valence-corrected chi connectivity index (χ3v) is 4.79. The van der Waals surface area contributed by atoms with Crippen molar-refractivity contribution in [1.82, 2.24) is 10.2 Å². The number of carbonyl (C=O) groups excluding carboxylic acids is 2. The van der Waals surface area contributed by atoms with Crippen LogP contribution in [-0.2, 0) is 22.6 Å². The van der Waals surface area contributed by atoms with Gasteiger partial charge in [-0.25, -0.2) is 0 Å². The van der Waals surface area contributed by atoms with E-state index in [9.17, 15) is 9.59 Å². The lowest BCUT2D eigenvalue weighted by atomic mass is 10.1. The third-order valence-electron chi connectivity index (χ3n) is 4.79. The standard InChI is InChI=1S/C22H26N2O5/c1-16(25)24(10-8-17-4-3-5-19(12-17)27-2)11-9-22(26)23-14-18-6-7-20-21(13-18)29-15-28-20/h3-7,12-13H,8-11,14-15H2,1-2H3,(H,23,26). The molecule has 0 aliphatic carbocycles. The highest BCUT2D eigenvalue weighted by Crippen LogP contribution is 2.32. The van der Waals surface area contributed by atoms with Crippen LogP contribution in [0.5, 0.6) is 17.2 Å². The topological polar surface area (TPSA) is 77.1 Å². The second-order valence-corrected chi connectivity index (χ2v) is 6.82. The first-order chi connectivity index (χ1) is 14.0. The highest BCUT2D eigenvalue weighted by atomic mass is 16.7. The lowest BCUT2D eigenvalue weighted by Crippen LogP contribution is -2.35. The van der Waals surface area contributed by atoms with Gasteiger partial charge in [0, 0.05) is 33.0 Å². The van der Waals surface area contributed by atoms with Crippen molar-refractivity contribution in [3.8, 4) is 17.2 Å². The largest absolute Gasteiger partial charge is 0.497 e. The van der Waals surface area contributed by atoms with Crippen LogP contribution < -0.4 is 19.5 Å². The summed E-state index contributed by atoms with van der Waals surface area (Å²) in [5.74, 6) is 2.05. The lowest BCUT2D eigenvalue weighted by Gasteiger charge is -2.21. The maximum Gasteiger partial charge on any atom is 0.231 e. The van der Waals surface area contributed by atoms with Crippen LogP contribution in [0.15, 0.2) is 42.5 Å². The minimum atomic E-state index is -0.102. The Kier molecular flexibility index (Phi) is 6.94. The van der Waals surface area contributed by atoms with Gasteiger partial charge in [0.2, 0.25) is 18.6 Å². The zero-order chi connectivity index (χ0) is 20.6. The average molecular weight is 398 g/mol. The molecule has 3 rings (SSSR count). The molecule has 0 saturated carbocycles. The van der Waals surface area contributed by atoms with Crippen LogP contribution in [0.25, 0.3) is 0 Å². The Labute approximate surface area is 170 Å². The molecule has 154 valence electrons. The van der Waals surface area contributed by atoms with E-state index < -0.39 is 0 Å². The summed E-state index contributed by atoms with van der Waals surface area (Å²) in [7, 11) is 1.63. The van der Waals surface area contributed by atoms with Gasteiger partial charge in [0.1, 0.15) is 5.75 Å². The minimum Gasteiger partial charge on any atom is -0.497 e. The number of carbonyl (C=O) groups is 2. The normalized spacial score (nSPS) is 11.8. The summed E-state index contributed by atoms with van der Waals surface area (Å²) in [6.07, 6.45) is 0.956. The van der Waals surface area contributed by atoms with Gasteiger partial charge in [-0.2, -0.15) is 0 Å². The molecule has 1 heterocycles. The molecule has 7 heteroatoms. The van der Waals surface area contributed by atoms with E-state index in [1.807, 2.05) is 42.5 Å². The van der Waals surface area contributed by atoms with Crippen LogP contribution in [0.3, 0.4) is 0 Å². The van der Waals surface area contributed by atoms with Crippen molar-refractivity contribution >= 4 is 11.8 Å². The predicted molar refractivity (Wildman–Crippen MR) is 108 cm³/mol. The Hall–Kier alpha value is -3.22. The van der Waals surface area contributed by atoms with E-state index in [4.69, 9.17) is 14.2 Å². The zero-order valence-electron chi connectivity index (χ0n) is 16.8. The van der Waals surface area contributed by atoms with Gasteiger partial charge >= 0.3 is 0 Å². The quantitative estimate of drug-likeness (QED) is 0.702. The number of ether oxygens (including phenoxy) is 3. The van der Waals surface area contributed by atoms with Crippen molar-refractivity contribution in [2.75, 3.05) is 27.0 Å². The number of nitrogens with one attached hydrogen (secondary N) is 1. The van der Waals surface area contributed by atoms with E-state index in [1.54, 1.807) is 12.0 Å². The molecule has 0 bridgehead atoms. The number of rotatable bonds is 9. The number of amides is 2.